The third-order valence-corrected chi connectivity index (χ3v) is 9.29. The summed E-state index contributed by atoms with van der Waals surface area (Å²) in [7, 11) is 1.63. The number of ether oxygens (including phenoxy) is 1. The zero-order chi connectivity index (χ0) is 31.0. The van der Waals surface area contributed by atoms with Gasteiger partial charge in [0.1, 0.15) is 11.8 Å². The predicted molar refractivity (Wildman–Crippen MR) is 171 cm³/mol. The van der Waals surface area contributed by atoms with E-state index in [2.05, 4.69) is 10.2 Å². The summed E-state index contributed by atoms with van der Waals surface area (Å²) in [5.74, 6) is 0.336. The van der Waals surface area contributed by atoms with Crippen LogP contribution in [0.4, 0.5) is 5.69 Å². The zero-order valence-electron chi connectivity index (χ0n) is 25.1. The minimum absolute atomic E-state index is 0.000789. The van der Waals surface area contributed by atoms with Crippen molar-refractivity contribution in [2.24, 2.45) is 5.73 Å². The highest BCUT2D eigenvalue weighted by molar-refractivity contribution is 6.35. The van der Waals surface area contributed by atoms with Gasteiger partial charge < -0.3 is 25.6 Å². The second kappa shape index (κ2) is 15.2. The van der Waals surface area contributed by atoms with Crippen molar-refractivity contribution in [1.82, 2.24) is 15.1 Å². The fraction of sp³-hybridized carbons (Fsp3) is 0.531. The quantitative estimate of drug-likeness (QED) is 0.383. The van der Waals surface area contributed by atoms with Gasteiger partial charge in [0.2, 0.25) is 17.7 Å². The lowest BCUT2D eigenvalue weighted by Crippen LogP contribution is -2.64. The Balaban J connectivity index is 1.49. The number of hydrogen-bond acceptors (Lipinski definition) is 6. The lowest BCUT2D eigenvalue weighted by atomic mass is 9.79. The molecule has 43 heavy (non-hydrogen) atoms. The summed E-state index contributed by atoms with van der Waals surface area (Å²) in [4.78, 5) is 45.4. The Morgan fingerprint density at radius 3 is 2.28 bits per heavy atom. The van der Waals surface area contributed by atoms with Crippen LogP contribution in [0.5, 0.6) is 5.75 Å². The Labute approximate surface area is 264 Å². The largest absolute Gasteiger partial charge is 0.497 e. The highest BCUT2D eigenvalue weighted by Crippen LogP contribution is 2.37. The molecule has 4 rings (SSSR count). The first-order chi connectivity index (χ1) is 20.7. The summed E-state index contributed by atoms with van der Waals surface area (Å²) in [5, 5.41) is 3.84. The van der Waals surface area contributed by atoms with Crippen LogP contribution in [0.25, 0.3) is 0 Å². The van der Waals surface area contributed by atoms with E-state index in [9.17, 15) is 14.4 Å². The van der Waals surface area contributed by atoms with E-state index in [1.807, 2.05) is 34.1 Å². The number of nitrogens with one attached hydrogen (secondary N) is 1. The molecule has 2 aromatic rings. The van der Waals surface area contributed by atoms with E-state index in [4.69, 9.17) is 33.7 Å². The van der Waals surface area contributed by atoms with Gasteiger partial charge in [-0.05, 0) is 54.8 Å². The molecule has 2 aromatic carbocycles. The highest BCUT2D eigenvalue weighted by atomic mass is 35.5. The summed E-state index contributed by atoms with van der Waals surface area (Å²) in [6.45, 7) is 4.83. The molecule has 11 heteroatoms. The number of nitrogens with zero attached hydrogens (tertiary/aromatic N) is 3. The van der Waals surface area contributed by atoms with Crippen LogP contribution in [-0.2, 0) is 20.8 Å². The van der Waals surface area contributed by atoms with Gasteiger partial charge in [0.25, 0.3) is 0 Å². The van der Waals surface area contributed by atoms with E-state index in [0.29, 0.717) is 42.8 Å². The Kier molecular flexibility index (Phi) is 11.7. The van der Waals surface area contributed by atoms with Crippen molar-refractivity contribution in [1.29, 1.82) is 0 Å². The van der Waals surface area contributed by atoms with E-state index in [-0.39, 0.29) is 42.6 Å². The van der Waals surface area contributed by atoms with Crippen molar-refractivity contribution in [3.8, 4) is 5.75 Å². The van der Waals surface area contributed by atoms with Crippen molar-refractivity contribution in [2.45, 2.75) is 63.5 Å². The number of anilines is 1. The number of hydrogen-bond donors (Lipinski definition) is 2. The van der Waals surface area contributed by atoms with Crippen LogP contribution in [-0.4, -0.2) is 85.5 Å². The number of carbonyl (C=O) groups excluding carboxylic acids is 3. The van der Waals surface area contributed by atoms with Crippen LogP contribution in [0.2, 0.25) is 10.0 Å². The maximum atomic E-state index is 13.8. The topological polar surface area (TPSA) is 108 Å². The summed E-state index contributed by atoms with van der Waals surface area (Å²) < 4.78 is 5.31. The lowest BCUT2D eigenvalue weighted by Gasteiger charge is -2.51. The molecule has 0 spiro atoms. The fourth-order valence-corrected chi connectivity index (χ4v) is 6.84. The molecule has 2 fully saturated rings. The molecule has 1 aliphatic heterocycles. The normalized spacial score (nSPS) is 17.7. The second-order valence-electron chi connectivity index (χ2n) is 11.5. The van der Waals surface area contributed by atoms with Crippen molar-refractivity contribution >= 4 is 46.6 Å². The van der Waals surface area contributed by atoms with E-state index >= 15 is 0 Å². The molecule has 1 saturated carbocycles. The van der Waals surface area contributed by atoms with Gasteiger partial charge >= 0.3 is 0 Å². The van der Waals surface area contributed by atoms with Crippen LogP contribution >= 0.6 is 23.2 Å². The number of methoxy groups -OCH3 is 1. The number of halogens is 2. The van der Waals surface area contributed by atoms with Crippen molar-refractivity contribution in [3.63, 3.8) is 0 Å². The van der Waals surface area contributed by atoms with Gasteiger partial charge in [-0.1, -0.05) is 48.5 Å². The van der Waals surface area contributed by atoms with E-state index in [1.165, 1.54) is 6.42 Å². The van der Waals surface area contributed by atoms with Crippen LogP contribution < -0.4 is 20.7 Å². The minimum atomic E-state index is -0.767. The second-order valence-corrected chi connectivity index (χ2v) is 12.3. The van der Waals surface area contributed by atoms with E-state index in [0.717, 1.165) is 42.7 Å². The highest BCUT2D eigenvalue weighted by Gasteiger charge is 2.42. The molecule has 1 aliphatic carbocycles. The minimum Gasteiger partial charge on any atom is -0.497 e. The van der Waals surface area contributed by atoms with Crippen molar-refractivity contribution in [3.05, 3.63) is 58.1 Å². The maximum Gasteiger partial charge on any atom is 0.245 e. The van der Waals surface area contributed by atoms with E-state index < -0.39 is 6.04 Å². The van der Waals surface area contributed by atoms with Gasteiger partial charge in [-0.3, -0.25) is 19.3 Å². The average molecular weight is 633 g/mol. The first kappa shape index (κ1) is 33.1. The number of benzene rings is 2. The number of carbonyl (C=O) groups is 3. The molecule has 3 amide bonds. The SMILES string of the molecule is COc1ccc(N(CC2(N3CCN(C(=O)C(Cc4ccc(Cl)cc4Cl)NC(=O)CCN)CC3)CCCCC2)C(C)=O)cc1. The van der Waals surface area contributed by atoms with Crippen LogP contribution in [0.1, 0.15) is 51.0 Å². The fourth-order valence-electron chi connectivity index (χ4n) is 6.35. The Morgan fingerprint density at radius 1 is 1.02 bits per heavy atom. The summed E-state index contributed by atoms with van der Waals surface area (Å²) in [6.07, 6.45) is 5.76. The molecule has 1 heterocycles. The van der Waals surface area contributed by atoms with Crippen LogP contribution in [0, 0.1) is 0 Å². The number of piperazine rings is 1. The Bertz CT molecular complexity index is 1260. The van der Waals surface area contributed by atoms with Gasteiger partial charge in [-0.15, -0.1) is 0 Å². The molecular formula is C32H43Cl2N5O4. The van der Waals surface area contributed by atoms with Gasteiger partial charge in [-0.25, -0.2) is 0 Å². The molecule has 1 atom stereocenters. The first-order valence-electron chi connectivity index (χ1n) is 15.0. The van der Waals surface area contributed by atoms with Crippen LogP contribution in [0.3, 0.4) is 0 Å². The monoisotopic (exact) mass is 631 g/mol. The number of nitrogens with two attached hydrogens (primary N) is 1. The Hall–Kier alpha value is -2.85. The molecule has 1 saturated heterocycles. The number of amides is 3. The summed E-state index contributed by atoms with van der Waals surface area (Å²) >= 11 is 12.5. The van der Waals surface area contributed by atoms with Gasteiger partial charge in [0.15, 0.2) is 0 Å². The molecule has 9 nitrogen and oxygen atoms in total. The summed E-state index contributed by atoms with van der Waals surface area (Å²) in [6, 6.07) is 12.0. The molecule has 0 bridgehead atoms. The summed E-state index contributed by atoms with van der Waals surface area (Å²) in [5.41, 5.74) is 7.00. The predicted octanol–water partition coefficient (Wildman–Crippen LogP) is 4.28. The molecule has 1 unspecified atom stereocenters. The molecule has 3 N–H and O–H groups in total. The van der Waals surface area contributed by atoms with Crippen LogP contribution in [0.15, 0.2) is 42.5 Å². The standard InChI is InChI=1S/C32H43Cl2N5O4/c1-23(40)39(26-8-10-27(43-2)11-9-26)22-32(13-4-3-5-14-32)38-18-16-37(17-19-38)31(42)29(36-30(41)12-15-35)20-24-6-7-25(33)21-28(24)34/h6-11,21,29H,3-5,12-20,22,35H2,1-2H3,(H,36,41). The third kappa shape index (κ3) is 8.41. The zero-order valence-corrected chi connectivity index (χ0v) is 26.6. The third-order valence-electron chi connectivity index (χ3n) is 8.71. The molecular weight excluding hydrogens is 589 g/mol. The molecule has 0 radical (unpaired) electrons. The lowest BCUT2D eigenvalue weighted by molar-refractivity contribution is -0.139. The van der Waals surface area contributed by atoms with Crippen molar-refractivity contribution < 1.29 is 19.1 Å². The van der Waals surface area contributed by atoms with Gasteiger partial charge in [-0.2, -0.15) is 0 Å². The average Bonchev–Trinajstić information content (AvgIpc) is 3.01. The smallest absolute Gasteiger partial charge is 0.245 e. The first-order valence-corrected chi connectivity index (χ1v) is 15.8. The molecule has 234 valence electrons. The number of rotatable bonds is 11. The van der Waals surface area contributed by atoms with Gasteiger partial charge in [0, 0.05) is 80.3 Å². The maximum absolute atomic E-state index is 13.8. The van der Waals surface area contributed by atoms with Crippen molar-refractivity contribution in [2.75, 3.05) is 51.3 Å². The van der Waals surface area contributed by atoms with Gasteiger partial charge in [0.05, 0.1) is 7.11 Å². The van der Waals surface area contributed by atoms with E-state index in [1.54, 1.807) is 32.2 Å². The molecule has 2 aliphatic rings. The Morgan fingerprint density at radius 2 is 1.70 bits per heavy atom. The molecule has 0 aromatic heterocycles.